The molecule has 4 aromatic carbocycles. The smallest absolute Gasteiger partial charge is 0.167 e. The van der Waals surface area contributed by atoms with E-state index in [0.717, 1.165) is 29.3 Å². The zero-order valence-electron chi connectivity index (χ0n) is 17.6. The molecular weight excluding hydrogens is 399 g/mol. The number of hydrogen-bond donors (Lipinski definition) is 0. The fourth-order valence-corrected chi connectivity index (χ4v) is 3.93. The molecule has 0 saturated heterocycles. The third kappa shape index (κ3) is 4.26. The molecule has 3 nitrogen and oxygen atoms in total. The van der Waals surface area contributed by atoms with Crippen LogP contribution in [0.4, 0.5) is 4.39 Å². The van der Waals surface area contributed by atoms with Gasteiger partial charge in [0.25, 0.3) is 0 Å². The lowest BCUT2D eigenvalue weighted by atomic mass is 10.0. The monoisotopic (exact) mass is 422 g/mol. The summed E-state index contributed by atoms with van der Waals surface area (Å²) in [5.41, 5.74) is 5.18. The van der Waals surface area contributed by atoms with Crippen molar-refractivity contribution in [2.45, 2.75) is 19.4 Å². The van der Waals surface area contributed by atoms with Crippen LogP contribution in [-0.2, 0) is 19.4 Å². The number of benzene rings is 4. The van der Waals surface area contributed by atoms with Crippen molar-refractivity contribution in [1.82, 2.24) is 9.78 Å². The van der Waals surface area contributed by atoms with Crippen molar-refractivity contribution < 1.29 is 9.13 Å². The highest BCUT2D eigenvalue weighted by molar-refractivity contribution is 5.83. The van der Waals surface area contributed by atoms with Crippen LogP contribution in [-0.4, -0.2) is 9.78 Å². The van der Waals surface area contributed by atoms with Gasteiger partial charge in [0, 0.05) is 11.5 Å². The van der Waals surface area contributed by atoms with Crippen molar-refractivity contribution in [3.05, 3.63) is 126 Å². The summed E-state index contributed by atoms with van der Waals surface area (Å²) >= 11 is 0. The Bertz CT molecular complexity index is 1330. The summed E-state index contributed by atoms with van der Waals surface area (Å²) in [7, 11) is 0. The van der Waals surface area contributed by atoms with Gasteiger partial charge in [0.2, 0.25) is 0 Å². The molecule has 0 aliphatic carbocycles. The van der Waals surface area contributed by atoms with Gasteiger partial charge in [0.05, 0.1) is 17.4 Å². The molecule has 158 valence electrons. The van der Waals surface area contributed by atoms with Crippen LogP contribution in [0.15, 0.2) is 103 Å². The molecule has 5 aromatic rings. The van der Waals surface area contributed by atoms with Gasteiger partial charge in [-0.1, -0.05) is 72.8 Å². The molecule has 0 unspecified atom stereocenters. The van der Waals surface area contributed by atoms with Gasteiger partial charge in [-0.05, 0) is 47.7 Å². The molecule has 1 heterocycles. The number of fused-ring (bicyclic) bond motifs is 1. The fourth-order valence-electron chi connectivity index (χ4n) is 3.93. The van der Waals surface area contributed by atoms with Gasteiger partial charge < -0.3 is 4.74 Å². The maximum atomic E-state index is 14.8. The Labute approximate surface area is 186 Å². The Balaban J connectivity index is 1.37. The van der Waals surface area contributed by atoms with E-state index in [9.17, 15) is 4.39 Å². The van der Waals surface area contributed by atoms with Crippen molar-refractivity contribution >= 4 is 10.9 Å². The summed E-state index contributed by atoms with van der Waals surface area (Å²) < 4.78 is 22.2. The minimum absolute atomic E-state index is 0.234. The lowest BCUT2D eigenvalue weighted by Crippen LogP contribution is -2.00. The Morgan fingerprint density at radius 3 is 2.25 bits per heavy atom. The largest absolute Gasteiger partial charge is 0.486 e. The van der Waals surface area contributed by atoms with Gasteiger partial charge in [0.1, 0.15) is 6.61 Å². The van der Waals surface area contributed by atoms with Crippen LogP contribution in [0, 0.1) is 5.82 Å². The van der Waals surface area contributed by atoms with Gasteiger partial charge in [-0.2, -0.15) is 5.10 Å². The number of rotatable bonds is 7. The second-order valence-electron chi connectivity index (χ2n) is 7.78. The lowest BCUT2D eigenvalue weighted by molar-refractivity contribution is 0.290. The van der Waals surface area contributed by atoms with Crippen molar-refractivity contribution in [1.29, 1.82) is 0 Å². The highest BCUT2D eigenvalue weighted by Crippen LogP contribution is 2.26. The summed E-state index contributed by atoms with van der Waals surface area (Å²) in [5.74, 6) is -0.167. The Morgan fingerprint density at radius 2 is 1.50 bits per heavy atom. The summed E-state index contributed by atoms with van der Waals surface area (Å²) in [6, 6.07) is 31.4. The Morgan fingerprint density at radius 1 is 0.750 bits per heavy atom. The number of halogens is 1. The topological polar surface area (TPSA) is 27.1 Å². The molecule has 0 bridgehead atoms. The van der Waals surface area contributed by atoms with Crippen LogP contribution in [0.3, 0.4) is 0 Å². The third-order valence-corrected chi connectivity index (χ3v) is 5.63. The first-order chi connectivity index (χ1) is 15.8. The zero-order chi connectivity index (χ0) is 21.8. The van der Waals surface area contributed by atoms with E-state index in [4.69, 9.17) is 4.74 Å². The number of ether oxygens (including phenoxy) is 1. The summed E-state index contributed by atoms with van der Waals surface area (Å²) in [4.78, 5) is 0. The molecule has 1 aromatic heterocycles. The molecule has 0 saturated carbocycles. The number of hydrogen-bond acceptors (Lipinski definition) is 2. The van der Waals surface area contributed by atoms with Crippen LogP contribution < -0.4 is 4.74 Å². The van der Waals surface area contributed by atoms with E-state index in [0.29, 0.717) is 12.3 Å². The molecule has 0 radical (unpaired) electrons. The maximum absolute atomic E-state index is 14.8. The summed E-state index contributed by atoms with van der Waals surface area (Å²) in [6.45, 7) is 0.326. The van der Waals surface area contributed by atoms with Crippen molar-refractivity contribution in [2.24, 2.45) is 0 Å². The van der Waals surface area contributed by atoms with Gasteiger partial charge in [-0.25, -0.2) is 9.07 Å². The fraction of sp³-hybridized carbons (Fsp3) is 0.107. The molecule has 4 heteroatoms. The third-order valence-electron chi connectivity index (χ3n) is 5.63. The second kappa shape index (κ2) is 9.06. The molecule has 0 aliphatic heterocycles. The second-order valence-corrected chi connectivity index (χ2v) is 7.78. The van der Waals surface area contributed by atoms with Crippen LogP contribution in [0.5, 0.6) is 5.75 Å². The van der Waals surface area contributed by atoms with E-state index in [1.165, 1.54) is 17.2 Å². The van der Waals surface area contributed by atoms with E-state index in [-0.39, 0.29) is 5.75 Å². The molecule has 0 fully saturated rings. The molecule has 0 aliphatic rings. The van der Waals surface area contributed by atoms with E-state index in [1.807, 2.05) is 60.8 Å². The standard InChI is InChI=1S/C28H23FN2O/c29-26-18-24(16-17-28(26)32-20-22-10-5-2-6-11-22)31-27-13-7-12-23(25(27)19-30-31)15-14-21-8-3-1-4-9-21/h1-13,16-19H,14-15,20H2. The van der Waals surface area contributed by atoms with E-state index < -0.39 is 5.82 Å². The first kappa shape index (κ1) is 20.0. The average molecular weight is 423 g/mol. The Kier molecular flexibility index (Phi) is 5.67. The lowest BCUT2D eigenvalue weighted by Gasteiger charge is -2.10. The average Bonchev–Trinajstić information content (AvgIpc) is 3.28. The maximum Gasteiger partial charge on any atom is 0.167 e. The van der Waals surface area contributed by atoms with Gasteiger partial charge >= 0.3 is 0 Å². The van der Waals surface area contributed by atoms with Gasteiger partial charge in [-0.15, -0.1) is 0 Å². The van der Waals surface area contributed by atoms with Crippen molar-refractivity contribution in [2.75, 3.05) is 0 Å². The molecule has 0 N–H and O–H groups in total. The quantitative estimate of drug-likeness (QED) is 0.298. The first-order valence-electron chi connectivity index (χ1n) is 10.7. The van der Waals surface area contributed by atoms with Crippen LogP contribution in [0.25, 0.3) is 16.6 Å². The molecule has 0 amide bonds. The van der Waals surface area contributed by atoms with Crippen molar-refractivity contribution in [3.8, 4) is 11.4 Å². The van der Waals surface area contributed by atoms with E-state index in [2.05, 4.69) is 35.4 Å². The Hall–Kier alpha value is -3.92. The first-order valence-corrected chi connectivity index (χ1v) is 10.7. The number of aromatic nitrogens is 2. The van der Waals surface area contributed by atoms with Crippen LogP contribution in [0.2, 0.25) is 0 Å². The predicted molar refractivity (Wildman–Crippen MR) is 126 cm³/mol. The van der Waals surface area contributed by atoms with E-state index >= 15 is 0 Å². The normalized spacial score (nSPS) is 11.0. The van der Waals surface area contributed by atoms with E-state index in [1.54, 1.807) is 10.7 Å². The molecule has 32 heavy (non-hydrogen) atoms. The minimum Gasteiger partial charge on any atom is -0.486 e. The minimum atomic E-state index is -0.401. The summed E-state index contributed by atoms with van der Waals surface area (Å²) in [5, 5.41) is 5.65. The van der Waals surface area contributed by atoms with Gasteiger partial charge in [0.15, 0.2) is 11.6 Å². The molecule has 0 atom stereocenters. The van der Waals surface area contributed by atoms with Crippen LogP contribution in [0.1, 0.15) is 16.7 Å². The number of nitrogens with zero attached hydrogens (tertiary/aromatic N) is 2. The molecular formula is C28H23FN2O. The zero-order valence-corrected chi connectivity index (χ0v) is 17.6. The van der Waals surface area contributed by atoms with Crippen molar-refractivity contribution in [3.63, 3.8) is 0 Å². The van der Waals surface area contributed by atoms with Crippen LogP contribution >= 0.6 is 0 Å². The SMILES string of the molecule is Fc1cc(-n2ncc3c(CCc4ccccc4)cccc32)ccc1OCc1ccccc1. The van der Waals surface area contributed by atoms with Gasteiger partial charge in [-0.3, -0.25) is 0 Å². The highest BCUT2D eigenvalue weighted by atomic mass is 19.1. The molecule has 5 rings (SSSR count). The number of aryl methyl sites for hydroxylation is 2. The summed E-state index contributed by atoms with van der Waals surface area (Å²) in [6.07, 6.45) is 3.76. The predicted octanol–water partition coefficient (Wildman–Crippen LogP) is 6.53. The highest BCUT2D eigenvalue weighted by Gasteiger charge is 2.12. The molecule has 0 spiro atoms.